The second kappa shape index (κ2) is 8.63. The zero-order valence-corrected chi connectivity index (χ0v) is 13.8. The van der Waals surface area contributed by atoms with Crippen molar-refractivity contribution in [1.29, 1.82) is 0 Å². The summed E-state index contributed by atoms with van der Waals surface area (Å²) in [6, 6.07) is 5.46. The fourth-order valence-electron chi connectivity index (χ4n) is 1.72. The Bertz CT molecular complexity index is 520. The van der Waals surface area contributed by atoms with Crippen LogP contribution in [0.2, 0.25) is 0 Å². The number of hydrogen-bond donors (Lipinski definition) is 2. The molecule has 0 saturated carbocycles. The van der Waals surface area contributed by atoms with Crippen LogP contribution in [0.25, 0.3) is 0 Å². The predicted molar refractivity (Wildman–Crippen MR) is 84.7 cm³/mol. The topological polar surface area (TPSA) is 88.2 Å². The molecule has 1 amide bonds. The lowest BCUT2D eigenvalue weighted by molar-refractivity contribution is 0.0700. The van der Waals surface area contributed by atoms with Crippen molar-refractivity contribution in [1.82, 2.24) is 4.90 Å². The van der Waals surface area contributed by atoms with Crippen LogP contribution in [-0.2, 0) is 4.74 Å². The summed E-state index contributed by atoms with van der Waals surface area (Å²) in [7, 11) is 1.58. The molecule has 0 unspecified atom stereocenters. The molecule has 7 heteroatoms. The van der Waals surface area contributed by atoms with Crippen LogP contribution < -0.4 is 5.73 Å². The minimum absolute atomic E-state index is 0.0929. The Morgan fingerprint density at radius 1 is 1.48 bits per heavy atom. The number of nitrogens with zero attached hydrogens (tertiary/aromatic N) is 2. The van der Waals surface area contributed by atoms with E-state index in [9.17, 15) is 4.79 Å². The van der Waals surface area contributed by atoms with Gasteiger partial charge in [0.05, 0.1) is 6.61 Å². The molecular weight excluding hydrogens is 338 g/mol. The molecule has 0 fully saturated rings. The van der Waals surface area contributed by atoms with Gasteiger partial charge in [-0.15, -0.1) is 0 Å². The molecule has 21 heavy (non-hydrogen) atoms. The lowest BCUT2D eigenvalue weighted by Gasteiger charge is -2.22. The molecule has 0 saturated heterocycles. The molecule has 3 N–H and O–H groups in total. The molecule has 6 nitrogen and oxygen atoms in total. The van der Waals surface area contributed by atoms with E-state index < -0.39 is 0 Å². The minimum atomic E-state index is -0.113. The first-order valence-electron chi connectivity index (χ1n) is 6.50. The van der Waals surface area contributed by atoms with E-state index in [2.05, 4.69) is 21.1 Å². The number of carbonyl (C=O) groups excluding carboxylic acids is 1. The van der Waals surface area contributed by atoms with Crippen LogP contribution in [0.5, 0.6) is 0 Å². The molecule has 0 aliphatic heterocycles. The van der Waals surface area contributed by atoms with E-state index >= 15 is 0 Å². The highest BCUT2D eigenvalue weighted by atomic mass is 79.9. The Kier molecular flexibility index (Phi) is 7.18. The number of amides is 1. The van der Waals surface area contributed by atoms with E-state index in [0.29, 0.717) is 31.7 Å². The molecule has 0 spiro atoms. The predicted octanol–water partition coefficient (Wildman–Crippen LogP) is 1.98. The number of nitrogens with two attached hydrogens (primary N) is 1. The van der Waals surface area contributed by atoms with Crippen LogP contribution in [0.15, 0.2) is 27.8 Å². The number of benzene rings is 1. The number of aryl methyl sites for hydroxylation is 1. The van der Waals surface area contributed by atoms with Gasteiger partial charge in [0.15, 0.2) is 0 Å². The molecule has 1 aromatic carbocycles. The molecule has 0 atom stereocenters. The van der Waals surface area contributed by atoms with Gasteiger partial charge in [0.25, 0.3) is 5.91 Å². The van der Waals surface area contributed by atoms with Gasteiger partial charge in [-0.2, -0.15) is 0 Å². The fraction of sp³-hybridized carbons (Fsp3) is 0.429. The Morgan fingerprint density at radius 2 is 2.19 bits per heavy atom. The third-order valence-electron chi connectivity index (χ3n) is 3.04. The molecule has 0 aliphatic rings. The summed E-state index contributed by atoms with van der Waals surface area (Å²) in [5.74, 6) is -0.0196. The van der Waals surface area contributed by atoms with Gasteiger partial charge < -0.3 is 20.6 Å². The quantitative estimate of drug-likeness (QED) is 0.338. The van der Waals surface area contributed by atoms with Crippen LogP contribution in [0.4, 0.5) is 0 Å². The summed E-state index contributed by atoms with van der Waals surface area (Å²) in [5, 5.41) is 11.5. The van der Waals surface area contributed by atoms with Crippen molar-refractivity contribution in [2.75, 3.05) is 26.8 Å². The second-order valence-corrected chi connectivity index (χ2v) is 5.44. The third kappa shape index (κ3) is 5.35. The summed E-state index contributed by atoms with van der Waals surface area (Å²) in [4.78, 5) is 14.1. The molecule has 0 radical (unpaired) electrons. The summed E-state index contributed by atoms with van der Waals surface area (Å²) >= 11 is 3.42. The van der Waals surface area contributed by atoms with Crippen molar-refractivity contribution in [3.63, 3.8) is 0 Å². The molecule has 116 valence electrons. The minimum Gasteiger partial charge on any atom is -0.409 e. The first-order chi connectivity index (χ1) is 9.99. The Balaban J connectivity index is 2.84. The third-order valence-corrected chi connectivity index (χ3v) is 3.89. The Labute approximate surface area is 132 Å². The highest BCUT2D eigenvalue weighted by molar-refractivity contribution is 9.10. The van der Waals surface area contributed by atoms with Gasteiger partial charge in [0, 0.05) is 36.7 Å². The maximum Gasteiger partial charge on any atom is 0.253 e. The molecular formula is C14H20BrN3O3. The molecule has 0 aliphatic carbocycles. The monoisotopic (exact) mass is 357 g/mol. The first-order valence-corrected chi connectivity index (χ1v) is 7.29. The molecule has 1 rings (SSSR count). The van der Waals surface area contributed by atoms with Crippen LogP contribution in [0, 0.1) is 6.92 Å². The largest absolute Gasteiger partial charge is 0.409 e. The zero-order chi connectivity index (χ0) is 15.8. The van der Waals surface area contributed by atoms with E-state index in [1.807, 2.05) is 13.0 Å². The van der Waals surface area contributed by atoms with Crippen LogP contribution >= 0.6 is 15.9 Å². The van der Waals surface area contributed by atoms with Crippen molar-refractivity contribution in [2.45, 2.75) is 13.3 Å². The average molecular weight is 358 g/mol. The first kappa shape index (κ1) is 17.5. The number of amidine groups is 1. The summed E-state index contributed by atoms with van der Waals surface area (Å²) in [6.07, 6.45) is 0.305. The van der Waals surface area contributed by atoms with Gasteiger partial charge in [-0.05, 0) is 24.6 Å². The smallest absolute Gasteiger partial charge is 0.253 e. The van der Waals surface area contributed by atoms with Gasteiger partial charge in [-0.3, -0.25) is 4.79 Å². The second-order valence-electron chi connectivity index (χ2n) is 4.59. The van der Waals surface area contributed by atoms with Crippen molar-refractivity contribution < 1.29 is 14.7 Å². The highest BCUT2D eigenvalue weighted by Crippen LogP contribution is 2.18. The fourth-order valence-corrected chi connectivity index (χ4v) is 2.10. The lowest BCUT2D eigenvalue weighted by Crippen LogP contribution is -2.36. The van der Waals surface area contributed by atoms with Crippen molar-refractivity contribution in [3.05, 3.63) is 33.8 Å². The lowest BCUT2D eigenvalue weighted by atomic mass is 10.1. The van der Waals surface area contributed by atoms with Gasteiger partial charge in [0.2, 0.25) is 0 Å². The van der Waals surface area contributed by atoms with E-state index in [0.717, 1.165) is 10.0 Å². The maximum atomic E-state index is 12.5. The van der Waals surface area contributed by atoms with Crippen LogP contribution in [0.3, 0.4) is 0 Å². The van der Waals surface area contributed by atoms with Crippen LogP contribution in [0.1, 0.15) is 22.3 Å². The molecule has 1 aromatic rings. The molecule has 0 aromatic heterocycles. The van der Waals surface area contributed by atoms with E-state index in [-0.39, 0.29) is 11.7 Å². The number of hydrogen-bond acceptors (Lipinski definition) is 4. The van der Waals surface area contributed by atoms with E-state index in [4.69, 9.17) is 15.7 Å². The number of rotatable bonds is 7. The van der Waals surface area contributed by atoms with Crippen molar-refractivity contribution in [2.24, 2.45) is 10.9 Å². The number of carbonyl (C=O) groups is 1. The zero-order valence-electron chi connectivity index (χ0n) is 12.2. The van der Waals surface area contributed by atoms with E-state index in [1.54, 1.807) is 24.1 Å². The van der Waals surface area contributed by atoms with Crippen molar-refractivity contribution >= 4 is 27.7 Å². The summed E-state index contributed by atoms with van der Waals surface area (Å²) in [5.41, 5.74) is 7.10. The van der Waals surface area contributed by atoms with Gasteiger partial charge in [-0.1, -0.05) is 27.2 Å². The van der Waals surface area contributed by atoms with Gasteiger partial charge in [-0.25, -0.2) is 0 Å². The normalized spacial score (nSPS) is 11.5. The maximum absolute atomic E-state index is 12.5. The Hall–Kier alpha value is -1.60. The highest BCUT2D eigenvalue weighted by Gasteiger charge is 2.16. The summed E-state index contributed by atoms with van der Waals surface area (Å²) in [6.45, 7) is 3.19. The Morgan fingerprint density at radius 3 is 2.76 bits per heavy atom. The van der Waals surface area contributed by atoms with Gasteiger partial charge >= 0.3 is 0 Å². The average Bonchev–Trinajstić information content (AvgIpc) is 2.49. The van der Waals surface area contributed by atoms with Crippen LogP contribution in [-0.4, -0.2) is 48.7 Å². The number of halogens is 1. The molecule has 0 heterocycles. The number of oxime groups is 1. The number of ether oxygens (including phenoxy) is 1. The number of methoxy groups -OCH3 is 1. The summed E-state index contributed by atoms with van der Waals surface area (Å²) < 4.78 is 5.91. The SMILES string of the molecule is COCCN(CC/C(N)=N/O)C(=O)c1ccc(C)c(Br)c1. The molecule has 0 bridgehead atoms. The standard InChI is InChI=1S/C14H20BrN3O3/c1-10-3-4-11(9-12(10)15)14(19)18(7-8-21-2)6-5-13(16)17-20/h3-4,9,20H,5-8H2,1-2H3,(H2,16,17). The van der Waals surface area contributed by atoms with E-state index in [1.165, 1.54) is 0 Å². The van der Waals surface area contributed by atoms with Gasteiger partial charge in [0.1, 0.15) is 5.84 Å². The van der Waals surface area contributed by atoms with Crippen molar-refractivity contribution in [3.8, 4) is 0 Å².